The van der Waals surface area contributed by atoms with Crippen LogP contribution in [-0.2, 0) is 14.3 Å². The lowest BCUT2D eigenvalue weighted by Gasteiger charge is -2.13. The number of Topliss-reactive ketones (excluding diaryl/α,β-unsaturated/α-hetero) is 1. The van der Waals surface area contributed by atoms with Crippen molar-refractivity contribution in [3.8, 4) is 0 Å². The Hall–Kier alpha value is -0.410. The number of carbonyl (C=O) groups is 1. The van der Waals surface area contributed by atoms with E-state index >= 15 is 0 Å². The van der Waals surface area contributed by atoms with E-state index in [4.69, 9.17) is 9.47 Å². The molecule has 0 bridgehead atoms. The molecule has 0 aliphatic carbocycles. The van der Waals surface area contributed by atoms with Crippen LogP contribution in [0.25, 0.3) is 0 Å². The fourth-order valence-electron chi connectivity index (χ4n) is 0.994. The van der Waals surface area contributed by atoms with Gasteiger partial charge in [0, 0.05) is 7.11 Å². The predicted molar refractivity (Wildman–Crippen MR) is 35.8 cm³/mol. The van der Waals surface area contributed by atoms with Crippen LogP contribution in [0.4, 0.5) is 0 Å². The van der Waals surface area contributed by atoms with Crippen molar-refractivity contribution in [2.75, 3.05) is 13.7 Å². The highest BCUT2D eigenvalue weighted by atomic mass is 16.6. The molecular formula is C7H12O3. The van der Waals surface area contributed by atoms with Crippen LogP contribution < -0.4 is 0 Å². The Bertz CT molecular complexity index is 151. The van der Waals surface area contributed by atoms with Gasteiger partial charge >= 0.3 is 0 Å². The minimum absolute atomic E-state index is 0.0370. The molecule has 1 unspecified atom stereocenters. The van der Waals surface area contributed by atoms with E-state index in [0.29, 0.717) is 6.61 Å². The standard InChI is InChI=1S/C7H12O3/c1-7(2)6(8)5(9-3)4-10-7/h5H,4H2,1-3H3. The molecule has 0 aromatic carbocycles. The van der Waals surface area contributed by atoms with Gasteiger partial charge in [0.25, 0.3) is 0 Å². The van der Waals surface area contributed by atoms with Gasteiger partial charge in [-0.3, -0.25) is 4.79 Å². The van der Waals surface area contributed by atoms with E-state index in [1.807, 2.05) is 0 Å². The first-order valence-corrected chi connectivity index (χ1v) is 3.29. The molecule has 3 nitrogen and oxygen atoms in total. The second-order valence-corrected chi connectivity index (χ2v) is 2.91. The summed E-state index contributed by atoms with van der Waals surface area (Å²) < 4.78 is 10.1. The van der Waals surface area contributed by atoms with E-state index in [0.717, 1.165) is 0 Å². The fourth-order valence-corrected chi connectivity index (χ4v) is 0.994. The molecule has 1 heterocycles. The molecule has 1 aliphatic rings. The predicted octanol–water partition coefficient (Wildman–Crippen LogP) is 0.379. The number of hydrogen-bond donors (Lipinski definition) is 0. The average Bonchev–Trinajstić information content (AvgIpc) is 2.10. The maximum absolute atomic E-state index is 11.2. The number of rotatable bonds is 1. The lowest BCUT2D eigenvalue weighted by atomic mass is 10.0. The number of ketones is 1. The number of methoxy groups -OCH3 is 1. The van der Waals surface area contributed by atoms with Crippen molar-refractivity contribution in [3.05, 3.63) is 0 Å². The highest BCUT2D eigenvalue weighted by Crippen LogP contribution is 2.21. The van der Waals surface area contributed by atoms with Crippen LogP contribution in [0.15, 0.2) is 0 Å². The first-order chi connectivity index (χ1) is 4.58. The van der Waals surface area contributed by atoms with Crippen molar-refractivity contribution in [2.45, 2.75) is 25.6 Å². The Morgan fingerprint density at radius 2 is 2.30 bits per heavy atom. The number of carbonyl (C=O) groups excluding carboxylic acids is 1. The van der Waals surface area contributed by atoms with E-state index in [1.54, 1.807) is 13.8 Å². The van der Waals surface area contributed by atoms with Crippen LogP contribution in [0.5, 0.6) is 0 Å². The molecule has 10 heavy (non-hydrogen) atoms. The van der Waals surface area contributed by atoms with Crippen molar-refractivity contribution in [3.63, 3.8) is 0 Å². The first kappa shape index (κ1) is 7.69. The largest absolute Gasteiger partial charge is 0.371 e. The van der Waals surface area contributed by atoms with Crippen LogP contribution in [0.1, 0.15) is 13.8 Å². The summed E-state index contributed by atoms with van der Waals surface area (Å²) in [5.74, 6) is 0.0370. The highest BCUT2D eigenvalue weighted by Gasteiger charge is 2.41. The van der Waals surface area contributed by atoms with Gasteiger partial charge in [0.15, 0.2) is 5.78 Å². The van der Waals surface area contributed by atoms with Gasteiger partial charge in [-0.2, -0.15) is 0 Å². The Morgan fingerprint density at radius 3 is 2.50 bits per heavy atom. The molecular weight excluding hydrogens is 132 g/mol. The lowest BCUT2D eigenvalue weighted by molar-refractivity contribution is -0.132. The SMILES string of the molecule is COC1COC(C)(C)C1=O. The number of ether oxygens (including phenoxy) is 2. The fraction of sp³-hybridized carbons (Fsp3) is 0.857. The van der Waals surface area contributed by atoms with Gasteiger partial charge in [0.2, 0.25) is 0 Å². The summed E-state index contributed by atoms with van der Waals surface area (Å²) in [6.07, 6.45) is -0.352. The number of hydrogen-bond acceptors (Lipinski definition) is 3. The van der Waals surface area contributed by atoms with Crippen LogP contribution in [0.3, 0.4) is 0 Å². The van der Waals surface area contributed by atoms with E-state index < -0.39 is 5.60 Å². The average molecular weight is 144 g/mol. The summed E-state index contributed by atoms with van der Waals surface area (Å²) in [7, 11) is 1.52. The van der Waals surface area contributed by atoms with Crippen molar-refractivity contribution in [1.29, 1.82) is 0 Å². The van der Waals surface area contributed by atoms with Crippen LogP contribution in [0, 0.1) is 0 Å². The molecule has 0 amide bonds. The molecule has 1 fully saturated rings. The second kappa shape index (κ2) is 2.32. The zero-order valence-corrected chi connectivity index (χ0v) is 6.51. The molecule has 0 radical (unpaired) electrons. The highest BCUT2D eigenvalue weighted by molar-refractivity contribution is 5.92. The quantitative estimate of drug-likeness (QED) is 0.533. The molecule has 0 saturated carbocycles. The topological polar surface area (TPSA) is 35.5 Å². The summed E-state index contributed by atoms with van der Waals surface area (Å²) >= 11 is 0. The summed E-state index contributed by atoms with van der Waals surface area (Å²) in [6, 6.07) is 0. The Morgan fingerprint density at radius 1 is 1.70 bits per heavy atom. The Balaban J connectivity index is 2.67. The van der Waals surface area contributed by atoms with E-state index in [1.165, 1.54) is 7.11 Å². The van der Waals surface area contributed by atoms with Gasteiger partial charge < -0.3 is 9.47 Å². The van der Waals surface area contributed by atoms with Crippen molar-refractivity contribution >= 4 is 5.78 Å². The third-order valence-corrected chi connectivity index (χ3v) is 1.77. The maximum atomic E-state index is 11.2. The van der Waals surface area contributed by atoms with E-state index in [9.17, 15) is 4.79 Å². The van der Waals surface area contributed by atoms with Crippen molar-refractivity contribution in [2.24, 2.45) is 0 Å². The molecule has 1 saturated heterocycles. The van der Waals surface area contributed by atoms with E-state index in [-0.39, 0.29) is 11.9 Å². The van der Waals surface area contributed by atoms with Gasteiger partial charge in [-0.25, -0.2) is 0 Å². The lowest BCUT2D eigenvalue weighted by Crippen LogP contribution is -2.32. The molecule has 0 spiro atoms. The minimum Gasteiger partial charge on any atom is -0.371 e. The molecule has 3 heteroatoms. The van der Waals surface area contributed by atoms with Crippen LogP contribution in [0.2, 0.25) is 0 Å². The molecule has 58 valence electrons. The summed E-state index contributed by atoms with van der Waals surface area (Å²) in [5, 5.41) is 0. The second-order valence-electron chi connectivity index (χ2n) is 2.91. The molecule has 0 aromatic rings. The van der Waals surface area contributed by atoms with Gasteiger partial charge in [0.05, 0.1) is 6.61 Å². The van der Waals surface area contributed by atoms with Crippen LogP contribution in [-0.4, -0.2) is 31.2 Å². The van der Waals surface area contributed by atoms with Crippen molar-refractivity contribution in [1.82, 2.24) is 0 Å². The monoisotopic (exact) mass is 144 g/mol. The Labute approximate surface area is 60.3 Å². The van der Waals surface area contributed by atoms with Gasteiger partial charge in [-0.1, -0.05) is 0 Å². The van der Waals surface area contributed by atoms with Crippen LogP contribution >= 0.6 is 0 Å². The summed E-state index contributed by atoms with van der Waals surface area (Å²) in [6.45, 7) is 3.91. The zero-order chi connectivity index (χ0) is 7.78. The third kappa shape index (κ3) is 1.07. The molecule has 1 rings (SSSR count). The smallest absolute Gasteiger partial charge is 0.194 e. The van der Waals surface area contributed by atoms with Crippen molar-refractivity contribution < 1.29 is 14.3 Å². The summed E-state index contributed by atoms with van der Waals surface area (Å²) in [5.41, 5.74) is -0.638. The normalized spacial score (nSPS) is 31.1. The van der Waals surface area contributed by atoms with Gasteiger partial charge in [0.1, 0.15) is 11.7 Å². The molecule has 1 atom stereocenters. The van der Waals surface area contributed by atoms with Gasteiger partial charge in [-0.05, 0) is 13.8 Å². The van der Waals surface area contributed by atoms with Gasteiger partial charge in [-0.15, -0.1) is 0 Å². The molecule has 0 aromatic heterocycles. The molecule has 1 aliphatic heterocycles. The summed E-state index contributed by atoms with van der Waals surface area (Å²) in [4.78, 5) is 11.2. The minimum atomic E-state index is -0.638. The molecule has 0 N–H and O–H groups in total. The van der Waals surface area contributed by atoms with E-state index in [2.05, 4.69) is 0 Å². The maximum Gasteiger partial charge on any atom is 0.194 e. The zero-order valence-electron chi connectivity index (χ0n) is 6.51. The third-order valence-electron chi connectivity index (χ3n) is 1.77. The Kier molecular flexibility index (Phi) is 1.79. The first-order valence-electron chi connectivity index (χ1n) is 3.29.